The molecule has 1 aliphatic heterocycles. The Morgan fingerprint density at radius 3 is 2.33 bits per heavy atom. The number of hydrogen-bond donors (Lipinski definition) is 0. The highest BCUT2D eigenvalue weighted by molar-refractivity contribution is 6.55. The third-order valence-electron chi connectivity index (χ3n) is 3.80. The van der Waals surface area contributed by atoms with Gasteiger partial charge in [0.25, 0.3) is 11.8 Å². The van der Waals surface area contributed by atoms with Crippen LogP contribution in [0.5, 0.6) is 5.75 Å². The molecule has 5 nitrogen and oxygen atoms in total. The molecule has 0 spiro atoms. The summed E-state index contributed by atoms with van der Waals surface area (Å²) in [6.45, 7) is 3.63. The van der Waals surface area contributed by atoms with E-state index in [1.54, 1.807) is 31.4 Å². The van der Waals surface area contributed by atoms with E-state index in [9.17, 15) is 9.59 Å². The Hall–Kier alpha value is -1.85. The molecule has 0 N–H and O–H groups in total. The number of imide groups is 1. The van der Waals surface area contributed by atoms with Crippen LogP contribution in [0.1, 0.15) is 31.7 Å². The van der Waals surface area contributed by atoms with E-state index in [4.69, 9.17) is 21.1 Å². The molecular formula is C18H22ClNO4. The summed E-state index contributed by atoms with van der Waals surface area (Å²) in [7, 11) is 1.57. The Bertz CT molecular complexity index is 624. The lowest BCUT2D eigenvalue weighted by Gasteiger charge is -2.14. The number of methoxy groups -OCH3 is 1. The highest BCUT2D eigenvalue weighted by atomic mass is 35.5. The second kappa shape index (κ2) is 8.85. The van der Waals surface area contributed by atoms with E-state index in [-0.39, 0.29) is 16.5 Å². The van der Waals surface area contributed by atoms with Gasteiger partial charge in [0.2, 0.25) is 0 Å². The Morgan fingerprint density at radius 2 is 1.71 bits per heavy atom. The maximum atomic E-state index is 12.5. The number of halogens is 1. The fraction of sp³-hybridized carbons (Fsp3) is 0.444. The molecule has 0 aliphatic carbocycles. The molecule has 1 aromatic carbocycles. The topological polar surface area (TPSA) is 55.8 Å². The zero-order chi connectivity index (χ0) is 17.5. The Morgan fingerprint density at radius 1 is 1.04 bits per heavy atom. The van der Waals surface area contributed by atoms with Crippen molar-refractivity contribution in [3.05, 3.63) is 34.9 Å². The highest BCUT2D eigenvalue weighted by Crippen LogP contribution is 2.32. The van der Waals surface area contributed by atoms with Crippen molar-refractivity contribution in [2.24, 2.45) is 0 Å². The predicted octanol–water partition coefficient (Wildman–Crippen LogP) is 3.22. The van der Waals surface area contributed by atoms with Crippen LogP contribution in [-0.4, -0.2) is 43.6 Å². The maximum Gasteiger partial charge on any atom is 0.273 e. The van der Waals surface area contributed by atoms with Crippen molar-refractivity contribution in [2.75, 3.05) is 26.9 Å². The lowest BCUT2D eigenvalue weighted by atomic mass is 10.1. The van der Waals surface area contributed by atoms with Crippen LogP contribution >= 0.6 is 11.6 Å². The monoisotopic (exact) mass is 351 g/mol. The molecule has 0 fully saturated rings. The number of rotatable bonds is 9. The van der Waals surface area contributed by atoms with Crippen LogP contribution < -0.4 is 4.74 Å². The number of amides is 2. The summed E-state index contributed by atoms with van der Waals surface area (Å²) in [6, 6.07) is 6.90. The zero-order valence-electron chi connectivity index (χ0n) is 14.0. The molecule has 6 heteroatoms. The van der Waals surface area contributed by atoms with Crippen molar-refractivity contribution in [3.63, 3.8) is 0 Å². The first-order chi connectivity index (χ1) is 11.6. The van der Waals surface area contributed by atoms with Gasteiger partial charge in [-0.15, -0.1) is 0 Å². The van der Waals surface area contributed by atoms with Crippen LogP contribution in [0.2, 0.25) is 0 Å². The third kappa shape index (κ3) is 4.16. The van der Waals surface area contributed by atoms with E-state index < -0.39 is 5.91 Å². The summed E-state index contributed by atoms with van der Waals surface area (Å²) in [5, 5.41) is -0.0305. The quantitative estimate of drug-likeness (QED) is 0.506. The molecule has 0 unspecified atom stereocenters. The first-order valence-corrected chi connectivity index (χ1v) is 8.46. The average molecular weight is 352 g/mol. The molecule has 2 rings (SSSR count). The van der Waals surface area contributed by atoms with Crippen LogP contribution in [0.25, 0.3) is 5.57 Å². The fourth-order valence-corrected chi connectivity index (χ4v) is 2.72. The highest BCUT2D eigenvalue weighted by Gasteiger charge is 2.37. The van der Waals surface area contributed by atoms with Crippen LogP contribution in [0.4, 0.5) is 0 Å². The van der Waals surface area contributed by atoms with Crippen molar-refractivity contribution in [1.29, 1.82) is 0 Å². The van der Waals surface area contributed by atoms with Gasteiger partial charge in [-0.25, -0.2) is 0 Å². The first kappa shape index (κ1) is 18.5. The minimum absolute atomic E-state index is 0.0305. The molecule has 0 radical (unpaired) electrons. The molecule has 0 aromatic heterocycles. The van der Waals surface area contributed by atoms with Gasteiger partial charge < -0.3 is 9.47 Å². The van der Waals surface area contributed by atoms with Gasteiger partial charge in [-0.2, -0.15) is 0 Å². The number of benzene rings is 1. The minimum atomic E-state index is -0.443. The molecule has 1 aromatic rings. The van der Waals surface area contributed by atoms with Crippen molar-refractivity contribution >= 4 is 29.0 Å². The van der Waals surface area contributed by atoms with Crippen LogP contribution in [-0.2, 0) is 14.3 Å². The molecule has 0 saturated carbocycles. The largest absolute Gasteiger partial charge is 0.497 e. The van der Waals surface area contributed by atoms with E-state index in [0.717, 1.165) is 12.8 Å². The van der Waals surface area contributed by atoms with Crippen LogP contribution in [0.3, 0.4) is 0 Å². The van der Waals surface area contributed by atoms with E-state index >= 15 is 0 Å². The summed E-state index contributed by atoms with van der Waals surface area (Å²) in [5.41, 5.74) is 0.858. The fourth-order valence-electron chi connectivity index (χ4n) is 2.43. The number of nitrogens with zero attached hydrogens (tertiary/aromatic N) is 1. The van der Waals surface area contributed by atoms with E-state index in [2.05, 4.69) is 6.92 Å². The van der Waals surface area contributed by atoms with Crippen LogP contribution in [0.15, 0.2) is 29.3 Å². The predicted molar refractivity (Wildman–Crippen MR) is 92.8 cm³/mol. The summed E-state index contributed by atoms with van der Waals surface area (Å²) >= 11 is 6.11. The number of hydrogen-bond acceptors (Lipinski definition) is 4. The van der Waals surface area contributed by atoms with Crippen molar-refractivity contribution in [1.82, 2.24) is 4.90 Å². The number of unbranched alkanes of at least 4 members (excludes halogenated alkanes) is 1. The Balaban J connectivity index is 1.98. The number of carbonyl (C=O) groups is 2. The van der Waals surface area contributed by atoms with Gasteiger partial charge in [0.15, 0.2) is 0 Å². The molecule has 2 amide bonds. The minimum Gasteiger partial charge on any atom is -0.497 e. The molecular weight excluding hydrogens is 330 g/mol. The molecule has 0 atom stereocenters. The second-order valence-corrected chi connectivity index (χ2v) is 5.88. The summed E-state index contributed by atoms with van der Waals surface area (Å²) in [4.78, 5) is 26.0. The van der Waals surface area contributed by atoms with Gasteiger partial charge in [0, 0.05) is 19.8 Å². The van der Waals surface area contributed by atoms with Gasteiger partial charge in [-0.1, -0.05) is 37.1 Å². The zero-order valence-corrected chi connectivity index (χ0v) is 14.8. The van der Waals surface area contributed by atoms with Gasteiger partial charge >= 0.3 is 0 Å². The van der Waals surface area contributed by atoms with E-state index in [1.165, 1.54) is 4.90 Å². The summed E-state index contributed by atoms with van der Waals surface area (Å²) in [5.74, 6) is -0.127. The summed E-state index contributed by atoms with van der Waals surface area (Å²) < 4.78 is 10.6. The van der Waals surface area contributed by atoms with Crippen molar-refractivity contribution < 1.29 is 19.1 Å². The van der Waals surface area contributed by atoms with E-state index in [1.807, 2.05) is 0 Å². The third-order valence-corrected chi connectivity index (χ3v) is 4.15. The average Bonchev–Trinajstić information content (AvgIpc) is 2.81. The molecule has 0 bridgehead atoms. The smallest absolute Gasteiger partial charge is 0.273 e. The molecule has 0 saturated heterocycles. The SMILES string of the molecule is CCCCOCCCN1C(=O)C(Cl)=C(c2ccc(OC)cc2)C1=O. The maximum absolute atomic E-state index is 12.5. The van der Waals surface area contributed by atoms with E-state index in [0.29, 0.717) is 37.5 Å². The van der Waals surface area contributed by atoms with Gasteiger partial charge in [0.05, 0.1) is 12.7 Å². The molecule has 1 heterocycles. The normalized spacial score (nSPS) is 14.7. The summed E-state index contributed by atoms with van der Waals surface area (Å²) in [6.07, 6.45) is 2.69. The van der Waals surface area contributed by atoms with Crippen molar-refractivity contribution in [3.8, 4) is 5.75 Å². The Kier molecular flexibility index (Phi) is 6.82. The lowest BCUT2D eigenvalue weighted by molar-refractivity contribution is -0.136. The van der Waals surface area contributed by atoms with Crippen LogP contribution in [0, 0.1) is 0 Å². The van der Waals surface area contributed by atoms with Gasteiger partial charge in [-0.3, -0.25) is 14.5 Å². The first-order valence-electron chi connectivity index (χ1n) is 8.08. The molecule has 1 aliphatic rings. The Labute approximate surface area is 147 Å². The molecule has 130 valence electrons. The molecule has 24 heavy (non-hydrogen) atoms. The van der Waals surface area contributed by atoms with Crippen molar-refractivity contribution in [2.45, 2.75) is 26.2 Å². The van der Waals surface area contributed by atoms with Gasteiger partial charge in [-0.05, 0) is 30.5 Å². The van der Waals surface area contributed by atoms with Gasteiger partial charge in [0.1, 0.15) is 10.8 Å². The standard InChI is InChI=1S/C18H22ClNO4/c1-3-4-11-24-12-5-10-20-17(21)15(16(19)18(20)22)13-6-8-14(23-2)9-7-13/h6-9H,3-5,10-12H2,1-2H3. The lowest BCUT2D eigenvalue weighted by Crippen LogP contribution is -2.32. The second-order valence-electron chi connectivity index (χ2n) is 5.50. The number of carbonyl (C=O) groups excluding carboxylic acids is 2. The number of ether oxygens (including phenoxy) is 2.